The van der Waals surface area contributed by atoms with Gasteiger partial charge in [-0.25, -0.2) is 4.39 Å². The minimum absolute atomic E-state index is 0. The van der Waals surface area contributed by atoms with Crippen LogP contribution < -0.4 is 5.73 Å². The lowest BCUT2D eigenvalue weighted by Crippen LogP contribution is -2.12. The smallest absolute Gasteiger partial charge is 0.129 e. The molecule has 0 aliphatic carbocycles. The van der Waals surface area contributed by atoms with E-state index >= 15 is 0 Å². The summed E-state index contributed by atoms with van der Waals surface area (Å²) >= 11 is 5.92. The van der Waals surface area contributed by atoms with Gasteiger partial charge < -0.3 is 5.73 Å². The third kappa shape index (κ3) is 4.28. The van der Waals surface area contributed by atoms with Crippen molar-refractivity contribution in [2.24, 2.45) is 5.73 Å². The molecule has 0 saturated carbocycles. The van der Waals surface area contributed by atoms with Crippen LogP contribution in [0, 0.1) is 5.82 Å². The van der Waals surface area contributed by atoms with E-state index in [0.29, 0.717) is 10.6 Å². The van der Waals surface area contributed by atoms with Crippen LogP contribution in [-0.4, -0.2) is 0 Å². The standard InChI is InChI=1S/C12H17ClFN.ClH/c1-2-3-4-8-11(15)12-9(13)6-5-7-10(12)14;/h5-7,11H,2-4,8,15H2,1H3;1H/t11-;/m0./s1. The lowest BCUT2D eigenvalue weighted by Gasteiger charge is -2.14. The molecule has 1 aromatic carbocycles. The minimum atomic E-state index is -0.300. The van der Waals surface area contributed by atoms with E-state index in [9.17, 15) is 4.39 Å². The highest BCUT2D eigenvalue weighted by Gasteiger charge is 2.14. The van der Waals surface area contributed by atoms with Gasteiger partial charge in [0.2, 0.25) is 0 Å². The summed E-state index contributed by atoms with van der Waals surface area (Å²) in [4.78, 5) is 0. The first kappa shape index (κ1) is 15.7. The van der Waals surface area contributed by atoms with E-state index in [1.807, 2.05) is 0 Å². The lowest BCUT2D eigenvalue weighted by molar-refractivity contribution is 0.539. The van der Waals surface area contributed by atoms with Crippen molar-refractivity contribution >= 4 is 24.0 Å². The molecule has 0 aliphatic heterocycles. The second kappa shape index (κ2) is 7.88. The van der Waals surface area contributed by atoms with Crippen LogP contribution in [0.5, 0.6) is 0 Å². The van der Waals surface area contributed by atoms with Crippen molar-refractivity contribution in [1.82, 2.24) is 0 Å². The van der Waals surface area contributed by atoms with Crippen molar-refractivity contribution in [3.05, 3.63) is 34.6 Å². The third-order valence-corrected chi connectivity index (χ3v) is 2.82. The number of hydrogen-bond acceptors (Lipinski definition) is 1. The number of benzene rings is 1. The monoisotopic (exact) mass is 265 g/mol. The van der Waals surface area contributed by atoms with Gasteiger partial charge in [-0.1, -0.05) is 43.9 Å². The molecule has 1 nitrogen and oxygen atoms in total. The number of hydrogen-bond donors (Lipinski definition) is 1. The first-order valence-electron chi connectivity index (χ1n) is 5.36. The SMILES string of the molecule is CCCCC[C@H](N)c1c(F)cccc1Cl.Cl. The second-order valence-electron chi connectivity index (χ2n) is 3.74. The summed E-state index contributed by atoms with van der Waals surface area (Å²) in [6.45, 7) is 2.13. The Morgan fingerprint density at radius 1 is 1.38 bits per heavy atom. The second-order valence-corrected chi connectivity index (χ2v) is 4.14. The minimum Gasteiger partial charge on any atom is -0.324 e. The molecule has 0 spiro atoms. The van der Waals surface area contributed by atoms with Gasteiger partial charge in [0.15, 0.2) is 0 Å². The van der Waals surface area contributed by atoms with Crippen molar-refractivity contribution in [3.63, 3.8) is 0 Å². The van der Waals surface area contributed by atoms with Crippen LogP contribution in [0.25, 0.3) is 0 Å². The maximum absolute atomic E-state index is 13.4. The van der Waals surface area contributed by atoms with E-state index < -0.39 is 0 Å². The summed E-state index contributed by atoms with van der Waals surface area (Å²) in [5.41, 5.74) is 6.37. The molecule has 0 fully saturated rings. The quantitative estimate of drug-likeness (QED) is 0.781. The molecule has 0 unspecified atom stereocenters. The summed E-state index contributed by atoms with van der Waals surface area (Å²) in [6, 6.07) is 4.39. The number of halogens is 3. The highest BCUT2D eigenvalue weighted by molar-refractivity contribution is 6.31. The molecule has 1 atom stereocenters. The predicted octanol–water partition coefficient (Wildman–Crippen LogP) is 4.48. The summed E-state index contributed by atoms with van der Waals surface area (Å²) < 4.78 is 13.4. The summed E-state index contributed by atoms with van der Waals surface area (Å²) in [5, 5.41) is 0.430. The molecule has 0 radical (unpaired) electrons. The normalized spacial score (nSPS) is 12.0. The molecule has 0 aromatic heterocycles. The zero-order valence-electron chi connectivity index (χ0n) is 9.38. The molecule has 1 rings (SSSR count). The molecular formula is C12H18Cl2FN. The van der Waals surface area contributed by atoms with E-state index in [1.165, 1.54) is 6.07 Å². The van der Waals surface area contributed by atoms with Gasteiger partial charge in [0.1, 0.15) is 5.82 Å². The Hall–Kier alpha value is -0.310. The van der Waals surface area contributed by atoms with Gasteiger partial charge >= 0.3 is 0 Å². The molecule has 0 amide bonds. The van der Waals surface area contributed by atoms with Crippen molar-refractivity contribution in [2.45, 2.75) is 38.6 Å². The van der Waals surface area contributed by atoms with Gasteiger partial charge in [0.25, 0.3) is 0 Å². The van der Waals surface area contributed by atoms with Crippen LogP contribution in [0.15, 0.2) is 18.2 Å². The largest absolute Gasteiger partial charge is 0.324 e. The van der Waals surface area contributed by atoms with Crippen molar-refractivity contribution in [1.29, 1.82) is 0 Å². The maximum Gasteiger partial charge on any atom is 0.129 e. The molecule has 0 bridgehead atoms. The van der Waals surface area contributed by atoms with E-state index in [-0.39, 0.29) is 24.3 Å². The number of rotatable bonds is 5. The first-order chi connectivity index (χ1) is 7.16. The Labute approximate surface area is 108 Å². The van der Waals surface area contributed by atoms with Crippen LogP contribution >= 0.6 is 24.0 Å². The molecule has 0 saturated heterocycles. The average molecular weight is 266 g/mol. The van der Waals surface area contributed by atoms with Gasteiger partial charge in [-0.05, 0) is 18.6 Å². The Kier molecular flexibility index (Phi) is 7.73. The molecule has 4 heteroatoms. The van der Waals surface area contributed by atoms with E-state index in [2.05, 4.69) is 6.92 Å². The Morgan fingerprint density at radius 2 is 2.06 bits per heavy atom. The molecular weight excluding hydrogens is 248 g/mol. The summed E-state index contributed by atoms with van der Waals surface area (Å²) in [6.07, 6.45) is 4.06. The van der Waals surface area contributed by atoms with E-state index in [4.69, 9.17) is 17.3 Å². The van der Waals surface area contributed by atoms with Crippen LogP contribution in [-0.2, 0) is 0 Å². The van der Waals surface area contributed by atoms with Crippen molar-refractivity contribution in [2.75, 3.05) is 0 Å². The fourth-order valence-corrected chi connectivity index (χ4v) is 1.93. The predicted molar refractivity (Wildman–Crippen MR) is 69.7 cm³/mol. The van der Waals surface area contributed by atoms with Gasteiger partial charge in [-0.2, -0.15) is 0 Å². The lowest BCUT2D eigenvalue weighted by atomic mass is 10.0. The highest BCUT2D eigenvalue weighted by atomic mass is 35.5. The number of unbranched alkanes of at least 4 members (excludes halogenated alkanes) is 2. The third-order valence-electron chi connectivity index (χ3n) is 2.49. The van der Waals surface area contributed by atoms with Crippen molar-refractivity contribution in [3.8, 4) is 0 Å². The molecule has 0 heterocycles. The molecule has 2 N–H and O–H groups in total. The fourth-order valence-electron chi connectivity index (χ4n) is 1.62. The van der Waals surface area contributed by atoms with Crippen LogP contribution in [0.4, 0.5) is 4.39 Å². The molecule has 16 heavy (non-hydrogen) atoms. The summed E-state index contributed by atoms with van der Waals surface area (Å²) in [7, 11) is 0. The Balaban J connectivity index is 0.00000225. The van der Waals surface area contributed by atoms with Gasteiger partial charge in [-0.3, -0.25) is 0 Å². The highest BCUT2D eigenvalue weighted by Crippen LogP contribution is 2.27. The van der Waals surface area contributed by atoms with Gasteiger partial charge in [-0.15, -0.1) is 12.4 Å². The average Bonchev–Trinajstić information content (AvgIpc) is 2.18. The fraction of sp³-hybridized carbons (Fsp3) is 0.500. The van der Waals surface area contributed by atoms with Crippen LogP contribution in [0.3, 0.4) is 0 Å². The van der Waals surface area contributed by atoms with E-state index in [1.54, 1.807) is 12.1 Å². The van der Waals surface area contributed by atoms with E-state index in [0.717, 1.165) is 25.7 Å². The molecule has 92 valence electrons. The van der Waals surface area contributed by atoms with Crippen molar-refractivity contribution < 1.29 is 4.39 Å². The topological polar surface area (TPSA) is 26.0 Å². The summed E-state index contributed by atoms with van der Waals surface area (Å²) in [5.74, 6) is -0.300. The molecule has 1 aromatic rings. The van der Waals surface area contributed by atoms with Crippen LogP contribution in [0.2, 0.25) is 5.02 Å². The zero-order valence-corrected chi connectivity index (χ0v) is 11.0. The van der Waals surface area contributed by atoms with Crippen LogP contribution in [0.1, 0.15) is 44.2 Å². The number of nitrogens with two attached hydrogens (primary N) is 1. The Morgan fingerprint density at radius 3 is 2.62 bits per heavy atom. The maximum atomic E-state index is 13.4. The zero-order chi connectivity index (χ0) is 11.3. The Bertz CT molecular complexity index is 298. The first-order valence-corrected chi connectivity index (χ1v) is 5.74. The van der Waals surface area contributed by atoms with Gasteiger partial charge in [0, 0.05) is 16.6 Å². The molecule has 0 aliphatic rings. The van der Waals surface area contributed by atoms with Gasteiger partial charge in [0.05, 0.1) is 0 Å².